The van der Waals surface area contributed by atoms with Gasteiger partial charge in [-0.2, -0.15) is 0 Å². The number of anilines is 2. The Morgan fingerprint density at radius 2 is 1.50 bits per heavy atom. The zero-order valence-electron chi connectivity index (χ0n) is 15.3. The highest BCUT2D eigenvalue weighted by Gasteiger charge is 2.17. The molecule has 0 aliphatic carbocycles. The number of para-hydroxylation sites is 2. The number of carbonyl (C=O) groups excluding carboxylic acids is 1. The minimum Gasteiger partial charge on any atom is -0.267 e. The van der Waals surface area contributed by atoms with Gasteiger partial charge >= 0.3 is 0 Å². The summed E-state index contributed by atoms with van der Waals surface area (Å²) in [5, 5.41) is 2.30. The van der Waals surface area contributed by atoms with Crippen molar-refractivity contribution in [1.82, 2.24) is 10.4 Å². The van der Waals surface area contributed by atoms with Crippen LogP contribution < -0.4 is 10.4 Å². The van der Waals surface area contributed by atoms with Crippen molar-refractivity contribution in [3.63, 3.8) is 0 Å². The van der Waals surface area contributed by atoms with Crippen LogP contribution in [0.15, 0.2) is 84.9 Å². The number of halogens is 1. The molecule has 0 aliphatic heterocycles. The Bertz CT molecular complexity index is 1090. The summed E-state index contributed by atoms with van der Waals surface area (Å²) in [6, 6.07) is 25.1. The highest BCUT2D eigenvalue weighted by molar-refractivity contribution is 6.00. The summed E-state index contributed by atoms with van der Waals surface area (Å²) in [6.45, 7) is 1.77. The number of rotatable bonds is 4. The van der Waals surface area contributed by atoms with Gasteiger partial charge in [0.15, 0.2) is 0 Å². The molecule has 4 aromatic rings. The van der Waals surface area contributed by atoms with Crippen molar-refractivity contribution in [3.8, 4) is 0 Å². The zero-order valence-corrected chi connectivity index (χ0v) is 15.3. The second-order valence-electron chi connectivity index (χ2n) is 6.41. The van der Waals surface area contributed by atoms with Gasteiger partial charge in [-0.05, 0) is 55.5 Å². The van der Waals surface area contributed by atoms with Crippen LogP contribution in [0.3, 0.4) is 0 Å². The van der Waals surface area contributed by atoms with Gasteiger partial charge in [-0.3, -0.25) is 20.2 Å². The molecule has 0 spiro atoms. The number of benzene rings is 3. The predicted molar refractivity (Wildman–Crippen MR) is 109 cm³/mol. The van der Waals surface area contributed by atoms with E-state index < -0.39 is 0 Å². The molecule has 4 nitrogen and oxygen atoms in total. The average molecular weight is 371 g/mol. The summed E-state index contributed by atoms with van der Waals surface area (Å²) in [4.78, 5) is 17.5. The summed E-state index contributed by atoms with van der Waals surface area (Å²) < 4.78 is 13.6. The Hall–Kier alpha value is -3.73. The third kappa shape index (κ3) is 3.55. The normalized spacial score (nSPS) is 10.6. The van der Waals surface area contributed by atoms with Gasteiger partial charge in [-0.15, -0.1) is 0 Å². The molecule has 0 radical (unpaired) electrons. The van der Waals surface area contributed by atoms with Gasteiger partial charge in [0.05, 0.1) is 28.1 Å². The first-order chi connectivity index (χ1) is 13.6. The topological polar surface area (TPSA) is 45.2 Å². The molecule has 3 aromatic carbocycles. The van der Waals surface area contributed by atoms with Crippen molar-refractivity contribution in [2.75, 3.05) is 5.01 Å². The van der Waals surface area contributed by atoms with E-state index in [1.54, 1.807) is 24.1 Å². The molecule has 0 saturated heterocycles. The number of hydrogen-bond donors (Lipinski definition) is 1. The smallest absolute Gasteiger partial charge is 0.267 e. The van der Waals surface area contributed by atoms with Gasteiger partial charge < -0.3 is 0 Å². The summed E-state index contributed by atoms with van der Waals surface area (Å²) in [7, 11) is 0. The summed E-state index contributed by atoms with van der Waals surface area (Å²) >= 11 is 0. The van der Waals surface area contributed by atoms with Crippen LogP contribution in [-0.2, 0) is 0 Å². The number of aryl methyl sites for hydroxylation is 1. The van der Waals surface area contributed by atoms with E-state index in [0.29, 0.717) is 22.2 Å². The first-order valence-electron chi connectivity index (χ1n) is 8.90. The molecule has 0 saturated carbocycles. The molecular weight excluding hydrogens is 353 g/mol. The number of hydrazine groups is 1. The minimum absolute atomic E-state index is 0.316. The molecular formula is C23H18FN3O. The van der Waals surface area contributed by atoms with Crippen LogP contribution in [0.4, 0.5) is 15.8 Å². The third-order valence-corrected chi connectivity index (χ3v) is 4.45. The fourth-order valence-corrected chi connectivity index (χ4v) is 3.07. The van der Waals surface area contributed by atoms with Crippen molar-refractivity contribution >= 4 is 28.2 Å². The maximum Gasteiger partial charge on any atom is 0.271 e. The van der Waals surface area contributed by atoms with E-state index in [-0.39, 0.29) is 11.7 Å². The van der Waals surface area contributed by atoms with Gasteiger partial charge in [-0.1, -0.05) is 36.4 Å². The number of amides is 1. The monoisotopic (exact) mass is 371 g/mol. The average Bonchev–Trinajstić information content (AvgIpc) is 2.73. The molecule has 1 N–H and O–H groups in total. The third-order valence-electron chi connectivity index (χ3n) is 4.45. The Balaban J connectivity index is 1.72. The van der Waals surface area contributed by atoms with Crippen LogP contribution in [0.25, 0.3) is 10.9 Å². The fraction of sp³-hybridized carbons (Fsp3) is 0.0435. The molecule has 0 fully saturated rings. The van der Waals surface area contributed by atoms with Crippen LogP contribution in [0.2, 0.25) is 0 Å². The van der Waals surface area contributed by atoms with Crippen LogP contribution in [0.1, 0.15) is 16.1 Å². The molecule has 0 unspecified atom stereocenters. The van der Waals surface area contributed by atoms with E-state index in [1.807, 2.05) is 60.7 Å². The zero-order chi connectivity index (χ0) is 19.5. The first kappa shape index (κ1) is 17.7. The molecule has 28 heavy (non-hydrogen) atoms. The SMILES string of the molecule is Cc1nc2ccc(F)cc2cc1C(=O)NN(c1ccccc1)c1ccccc1. The van der Waals surface area contributed by atoms with Gasteiger partial charge in [0, 0.05) is 5.39 Å². The molecule has 0 bridgehead atoms. The Kier molecular flexibility index (Phi) is 4.72. The standard InChI is InChI=1S/C23H18FN3O/c1-16-21(15-17-14-18(24)12-13-22(17)25-16)23(28)26-27(19-8-4-2-5-9-19)20-10-6-3-7-11-20/h2-15H,1H3,(H,26,28). The second kappa shape index (κ2) is 7.48. The van der Waals surface area contributed by atoms with Crippen LogP contribution in [0, 0.1) is 12.7 Å². The number of hydrogen-bond acceptors (Lipinski definition) is 3. The highest BCUT2D eigenvalue weighted by atomic mass is 19.1. The Morgan fingerprint density at radius 3 is 2.11 bits per heavy atom. The first-order valence-corrected chi connectivity index (χ1v) is 8.90. The van der Waals surface area contributed by atoms with E-state index in [0.717, 1.165) is 11.4 Å². The summed E-state index contributed by atoms with van der Waals surface area (Å²) in [6.07, 6.45) is 0. The van der Waals surface area contributed by atoms with E-state index in [2.05, 4.69) is 10.4 Å². The van der Waals surface area contributed by atoms with Crippen molar-refractivity contribution in [1.29, 1.82) is 0 Å². The number of aromatic nitrogens is 1. The van der Waals surface area contributed by atoms with Gasteiger partial charge in [-0.25, -0.2) is 4.39 Å². The van der Waals surface area contributed by atoms with Crippen molar-refractivity contribution < 1.29 is 9.18 Å². The number of nitrogens with zero attached hydrogens (tertiary/aromatic N) is 2. The molecule has 1 aromatic heterocycles. The number of pyridine rings is 1. The van der Waals surface area contributed by atoms with E-state index in [4.69, 9.17) is 0 Å². The van der Waals surface area contributed by atoms with Crippen LogP contribution in [-0.4, -0.2) is 10.9 Å². The van der Waals surface area contributed by atoms with Crippen LogP contribution in [0.5, 0.6) is 0 Å². The fourth-order valence-electron chi connectivity index (χ4n) is 3.07. The van der Waals surface area contributed by atoms with Gasteiger partial charge in [0.2, 0.25) is 0 Å². The Morgan fingerprint density at radius 1 is 0.893 bits per heavy atom. The lowest BCUT2D eigenvalue weighted by atomic mass is 10.1. The van der Waals surface area contributed by atoms with Gasteiger partial charge in [0.25, 0.3) is 5.91 Å². The second-order valence-corrected chi connectivity index (χ2v) is 6.41. The molecule has 138 valence electrons. The number of nitrogens with one attached hydrogen (secondary N) is 1. The summed E-state index contributed by atoms with van der Waals surface area (Å²) in [5.74, 6) is -0.677. The van der Waals surface area contributed by atoms with Crippen molar-refractivity contribution in [2.45, 2.75) is 6.92 Å². The highest BCUT2D eigenvalue weighted by Crippen LogP contribution is 2.24. The predicted octanol–water partition coefficient (Wildman–Crippen LogP) is 5.17. The van der Waals surface area contributed by atoms with E-state index in [1.165, 1.54) is 12.1 Å². The minimum atomic E-state index is -0.361. The molecule has 0 aliphatic rings. The lowest BCUT2D eigenvalue weighted by Crippen LogP contribution is -2.39. The molecule has 4 rings (SSSR count). The maximum atomic E-state index is 13.6. The number of carbonyl (C=O) groups is 1. The molecule has 5 heteroatoms. The summed E-state index contributed by atoms with van der Waals surface area (Å²) in [5.41, 5.74) is 6.22. The van der Waals surface area contributed by atoms with Crippen molar-refractivity contribution in [3.05, 3.63) is 102 Å². The molecule has 1 amide bonds. The molecule has 1 heterocycles. The quantitative estimate of drug-likeness (QED) is 0.504. The number of fused-ring (bicyclic) bond motifs is 1. The Labute approximate surface area is 162 Å². The van der Waals surface area contributed by atoms with Crippen molar-refractivity contribution in [2.24, 2.45) is 0 Å². The van der Waals surface area contributed by atoms with E-state index in [9.17, 15) is 9.18 Å². The van der Waals surface area contributed by atoms with Gasteiger partial charge in [0.1, 0.15) is 5.82 Å². The van der Waals surface area contributed by atoms with E-state index >= 15 is 0 Å². The molecule has 0 atom stereocenters. The lowest BCUT2D eigenvalue weighted by Gasteiger charge is -2.25. The van der Waals surface area contributed by atoms with Crippen LogP contribution >= 0.6 is 0 Å². The lowest BCUT2D eigenvalue weighted by molar-refractivity contribution is 0.0953. The largest absolute Gasteiger partial charge is 0.271 e. The maximum absolute atomic E-state index is 13.6.